The Balaban J connectivity index is 2.32. The minimum absolute atomic E-state index is 0.159. The number of amides is 1. The van der Waals surface area contributed by atoms with Gasteiger partial charge in [-0.25, -0.2) is 0 Å². The fourth-order valence-electron chi connectivity index (χ4n) is 1.96. The molecule has 0 aromatic heterocycles. The van der Waals surface area contributed by atoms with E-state index in [4.69, 9.17) is 10.5 Å². The van der Waals surface area contributed by atoms with E-state index in [-0.39, 0.29) is 12.0 Å². The van der Waals surface area contributed by atoms with Crippen molar-refractivity contribution < 1.29 is 9.53 Å². The molecule has 4 heteroatoms. The van der Waals surface area contributed by atoms with E-state index in [1.54, 1.807) is 7.11 Å². The maximum Gasteiger partial charge on any atom is 0.251 e. The number of ether oxygens (including phenoxy) is 1. The maximum absolute atomic E-state index is 11.9. The van der Waals surface area contributed by atoms with Gasteiger partial charge >= 0.3 is 0 Å². The summed E-state index contributed by atoms with van der Waals surface area (Å²) >= 11 is 0. The minimum atomic E-state index is -0.255. The van der Waals surface area contributed by atoms with Crippen LogP contribution in [0.3, 0.4) is 0 Å². The second kappa shape index (κ2) is 6.80. The first-order valence-electron chi connectivity index (χ1n) is 5.81. The van der Waals surface area contributed by atoms with E-state index in [9.17, 15) is 4.79 Å². The van der Waals surface area contributed by atoms with Crippen molar-refractivity contribution in [1.82, 2.24) is 4.90 Å². The largest absolute Gasteiger partial charge is 0.372 e. The monoisotopic (exact) mass is 214 g/mol. The predicted octanol–water partition coefficient (Wildman–Crippen LogP) is 0.753. The molecule has 0 radical (unpaired) electrons. The number of methoxy groups -OCH3 is 1. The van der Waals surface area contributed by atoms with Gasteiger partial charge in [0.2, 0.25) is 0 Å². The predicted molar refractivity (Wildman–Crippen MR) is 59.5 cm³/mol. The molecule has 1 atom stereocenters. The summed E-state index contributed by atoms with van der Waals surface area (Å²) in [5.74, 6) is 0.159. The van der Waals surface area contributed by atoms with E-state index in [1.807, 2.05) is 4.90 Å². The zero-order valence-electron chi connectivity index (χ0n) is 9.58. The van der Waals surface area contributed by atoms with E-state index < -0.39 is 0 Å². The van der Waals surface area contributed by atoms with Crippen LogP contribution in [0.4, 0.5) is 0 Å². The van der Waals surface area contributed by atoms with Gasteiger partial charge in [-0.3, -0.25) is 4.79 Å². The van der Waals surface area contributed by atoms with Crippen LogP contribution in [0.15, 0.2) is 0 Å². The summed E-state index contributed by atoms with van der Waals surface area (Å²) in [5.41, 5.74) is 5.42. The van der Waals surface area contributed by atoms with Gasteiger partial charge in [0.25, 0.3) is 5.91 Å². The zero-order chi connectivity index (χ0) is 11.1. The molecule has 1 aliphatic rings. The van der Waals surface area contributed by atoms with Crippen molar-refractivity contribution in [2.24, 2.45) is 5.73 Å². The van der Waals surface area contributed by atoms with Crippen molar-refractivity contribution in [2.45, 2.75) is 38.2 Å². The van der Waals surface area contributed by atoms with Crippen LogP contribution in [0.1, 0.15) is 32.1 Å². The molecular weight excluding hydrogens is 192 g/mol. The number of carbonyl (C=O) groups is 1. The quantitative estimate of drug-likeness (QED) is 0.664. The molecule has 0 spiro atoms. The third kappa shape index (κ3) is 3.80. The number of hydrogen-bond donors (Lipinski definition) is 1. The molecule has 0 aliphatic carbocycles. The van der Waals surface area contributed by atoms with Crippen LogP contribution in [0.5, 0.6) is 0 Å². The van der Waals surface area contributed by atoms with Gasteiger partial charge < -0.3 is 15.4 Å². The van der Waals surface area contributed by atoms with Crippen LogP contribution >= 0.6 is 0 Å². The SMILES string of the molecule is CO[C@@H](CCCCN)C(=O)N1CCCC1. The number of nitrogens with two attached hydrogens (primary N) is 1. The van der Waals surface area contributed by atoms with Crippen LogP contribution in [0, 0.1) is 0 Å². The molecule has 1 rings (SSSR count). The van der Waals surface area contributed by atoms with Crippen LogP contribution in [0.25, 0.3) is 0 Å². The van der Waals surface area contributed by atoms with Gasteiger partial charge in [-0.2, -0.15) is 0 Å². The molecule has 1 amide bonds. The summed E-state index contributed by atoms with van der Waals surface area (Å²) < 4.78 is 5.24. The van der Waals surface area contributed by atoms with Crippen LogP contribution in [-0.2, 0) is 9.53 Å². The molecule has 1 fully saturated rings. The van der Waals surface area contributed by atoms with Crippen molar-refractivity contribution in [3.63, 3.8) is 0 Å². The fraction of sp³-hybridized carbons (Fsp3) is 0.909. The highest BCUT2D eigenvalue weighted by atomic mass is 16.5. The lowest BCUT2D eigenvalue weighted by molar-refractivity contribution is -0.141. The minimum Gasteiger partial charge on any atom is -0.372 e. The summed E-state index contributed by atoms with van der Waals surface area (Å²) in [6.07, 6.45) is 4.73. The maximum atomic E-state index is 11.9. The Morgan fingerprint density at radius 2 is 2.07 bits per heavy atom. The number of rotatable bonds is 6. The first-order chi connectivity index (χ1) is 7.29. The van der Waals surface area contributed by atoms with Crippen LogP contribution in [-0.4, -0.2) is 43.7 Å². The van der Waals surface area contributed by atoms with Crippen molar-refractivity contribution in [3.05, 3.63) is 0 Å². The van der Waals surface area contributed by atoms with E-state index in [0.29, 0.717) is 6.54 Å². The van der Waals surface area contributed by atoms with Gasteiger partial charge in [0, 0.05) is 20.2 Å². The number of carbonyl (C=O) groups excluding carboxylic acids is 1. The van der Waals surface area contributed by atoms with Crippen molar-refractivity contribution in [2.75, 3.05) is 26.7 Å². The van der Waals surface area contributed by atoms with Gasteiger partial charge in [0.1, 0.15) is 6.10 Å². The molecular formula is C11H22N2O2. The van der Waals surface area contributed by atoms with Gasteiger partial charge in [-0.1, -0.05) is 0 Å². The molecule has 0 unspecified atom stereocenters. The second-order valence-electron chi connectivity index (χ2n) is 4.04. The highest BCUT2D eigenvalue weighted by Crippen LogP contribution is 2.13. The Bertz CT molecular complexity index is 191. The Morgan fingerprint density at radius 3 is 2.60 bits per heavy atom. The zero-order valence-corrected chi connectivity index (χ0v) is 9.58. The van der Waals surface area contributed by atoms with E-state index in [0.717, 1.165) is 45.2 Å². The molecule has 1 aliphatic heterocycles. The molecule has 0 aromatic carbocycles. The number of nitrogens with zero attached hydrogens (tertiary/aromatic N) is 1. The highest BCUT2D eigenvalue weighted by molar-refractivity contribution is 5.81. The average molecular weight is 214 g/mol. The molecule has 2 N–H and O–H groups in total. The topological polar surface area (TPSA) is 55.6 Å². The van der Waals surface area contributed by atoms with Crippen molar-refractivity contribution >= 4 is 5.91 Å². The molecule has 0 aromatic rings. The standard InChI is InChI=1S/C11H22N2O2/c1-15-10(6-2-3-7-12)11(14)13-8-4-5-9-13/h10H,2-9,12H2,1H3/t10-/m0/s1. The molecule has 1 saturated heterocycles. The smallest absolute Gasteiger partial charge is 0.251 e. The summed E-state index contributed by atoms with van der Waals surface area (Å²) in [6, 6.07) is 0. The molecule has 0 saturated carbocycles. The lowest BCUT2D eigenvalue weighted by Crippen LogP contribution is -2.38. The van der Waals surface area contributed by atoms with Crippen LogP contribution in [0.2, 0.25) is 0 Å². The van der Waals surface area contributed by atoms with Crippen LogP contribution < -0.4 is 5.73 Å². The summed E-state index contributed by atoms with van der Waals surface area (Å²) in [7, 11) is 1.61. The highest BCUT2D eigenvalue weighted by Gasteiger charge is 2.25. The number of hydrogen-bond acceptors (Lipinski definition) is 3. The van der Waals surface area contributed by atoms with E-state index in [1.165, 1.54) is 0 Å². The average Bonchev–Trinajstić information content (AvgIpc) is 2.77. The third-order valence-corrected chi connectivity index (χ3v) is 2.90. The number of likely N-dealkylation sites (tertiary alicyclic amines) is 1. The Hall–Kier alpha value is -0.610. The second-order valence-corrected chi connectivity index (χ2v) is 4.04. The summed E-state index contributed by atoms with van der Waals surface area (Å²) in [6.45, 7) is 2.49. The van der Waals surface area contributed by atoms with Crippen molar-refractivity contribution in [1.29, 1.82) is 0 Å². The molecule has 0 bridgehead atoms. The lowest BCUT2D eigenvalue weighted by Gasteiger charge is -2.21. The molecule has 4 nitrogen and oxygen atoms in total. The summed E-state index contributed by atoms with van der Waals surface area (Å²) in [4.78, 5) is 13.9. The fourth-order valence-corrected chi connectivity index (χ4v) is 1.96. The Morgan fingerprint density at radius 1 is 1.40 bits per heavy atom. The lowest BCUT2D eigenvalue weighted by atomic mass is 10.1. The summed E-state index contributed by atoms with van der Waals surface area (Å²) in [5, 5.41) is 0. The molecule has 88 valence electrons. The first kappa shape index (κ1) is 12.5. The van der Waals surface area contributed by atoms with Gasteiger partial charge in [-0.05, 0) is 38.6 Å². The van der Waals surface area contributed by atoms with E-state index >= 15 is 0 Å². The normalized spacial score (nSPS) is 18.1. The Labute approximate surface area is 91.8 Å². The van der Waals surface area contributed by atoms with E-state index in [2.05, 4.69) is 0 Å². The first-order valence-corrected chi connectivity index (χ1v) is 5.81. The Kier molecular flexibility index (Phi) is 5.65. The van der Waals surface area contributed by atoms with Crippen molar-refractivity contribution in [3.8, 4) is 0 Å². The molecule has 1 heterocycles. The molecule has 15 heavy (non-hydrogen) atoms. The third-order valence-electron chi connectivity index (χ3n) is 2.90. The van der Waals surface area contributed by atoms with Gasteiger partial charge in [-0.15, -0.1) is 0 Å². The number of unbranched alkanes of at least 4 members (excludes halogenated alkanes) is 1. The van der Waals surface area contributed by atoms with Gasteiger partial charge in [0.15, 0.2) is 0 Å². The van der Waals surface area contributed by atoms with Gasteiger partial charge in [0.05, 0.1) is 0 Å².